The van der Waals surface area contributed by atoms with Crippen molar-refractivity contribution in [3.05, 3.63) is 33.8 Å². The van der Waals surface area contributed by atoms with Crippen LogP contribution in [0.2, 0.25) is 0 Å². The molecule has 19 heavy (non-hydrogen) atoms. The molecule has 1 aromatic rings. The normalized spacial score (nSPS) is 18.9. The zero-order valence-corrected chi connectivity index (χ0v) is 14.3. The maximum absolute atomic E-state index is 12.6. The number of amides is 1. The molecule has 0 N–H and O–H groups in total. The molecule has 0 radical (unpaired) electrons. The standard InChI is InChI=1S/C15H19Br2NO/c1-11-6-7-12(10-14(11)17)15(19)18-9-3-5-13(18)4-2-8-16/h6-7,10,13H,2-5,8-9H2,1H3. The Hall–Kier alpha value is -0.350. The Morgan fingerprint density at radius 1 is 1.47 bits per heavy atom. The lowest BCUT2D eigenvalue weighted by molar-refractivity contribution is 0.0730. The van der Waals surface area contributed by atoms with Gasteiger partial charge in [-0.1, -0.05) is 37.9 Å². The van der Waals surface area contributed by atoms with Gasteiger partial charge in [0.2, 0.25) is 0 Å². The molecule has 1 heterocycles. The molecule has 104 valence electrons. The van der Waals surface area contributed by atoms with Crippen LogP contribution in [0.3, 0.4) is 0 Å². The number of hydrogen-bond acceptors (Lipinski definition) is 1. The molecule has 4 heteroatoms. The maximum atomic E-state index is 12.6. The molecule has 0 aliphatic carbocycles. The monoisotopic (exact) mass is 387 g/mol. The van der Waals surface area contributed by atoms with E-state index in [4.69, 9.17) is 0 Å². The van der Waals surface area contributed by atoms with E-state index in [0.717, 1.165) is 53.2 Å². The second-order valence-electron chi connectivity index (χ2n) is 5.09. The minimum atomic E-state index is 0.178. The number of likely N-dealkylation sites (tertiary alicyclic amines) is 1. The average Bonchev–Trinajstić information content (AvgIpc) is 2.87. The van der Waals surface area contributed by atoms with Crippen molar-refractivity contribution in [3.8, 4) is 0 Å². The number of carbonyl (C=O) groups is 1. The molecule has 1 fully saturated rings. The van der Waals surface area contributed by atoms with Crippen LogP contribution in [-0.2, 0) is 0 Å². The van der Waals surface area contributed by atoms with E-state index in [9.17, 15) is 4.79 Å². The van der Waals surface area contributed by atoms with E-state index in [1.807, 2.05) is 25.1 Å². The van der Waals surface area contributed by atoms with Crippen LogP contribution in [0.1, 0.15) is 41.6 Å². The second-order valence-corrected chi connectivity index (χ2v) is 6.74. The maximum Gasteiger partial charge on any atom is 0.254 e. The quantitative estimate of drug-likeness (QED) is 0.693. The Labute approximate surface area is 131 Å². The van der Waals surface area contributed by atoms with Crippen molar-refractivity contribution in [2.75, 3.05) is 11.9 Å². The van der Waals surface area contributed by atoms with Crippen LogP contribution in [0, 0.1) is 6.92 Å². The smallest absolute Gasteiger partial charge is 0.254 e. The highest BCUT2D eigenvalue weighted by Crippen LogP contribution is 2.25. The molecule has 1 aliphatic rings. The summed E-state index contributed by atoms with van der Waals surface area (Å²) in [5.41, 5.74) is 1.96. The number of alkyl halides is 1. The number of hydrogen-bond donors (Lipinski definition) is 0. The van der Waals surface area contributed by atoms with E-state index in [-0.39, 0.29) is 5.91 Å². The summed E-state index contributed by atoms with van der Waals surface area (Å²) < 4.78 is 1.01. The van der Waals surface area contributed by atoms with Gasteiger partial charge in [-0.25, -0.2) is 0 Å². The molecule has 2 rings (SSSR count). The summed E-state index contributed by atoms with van der Waals surface area (Å²) in [6.45, 7) is 2.93. The molecule has 0 aromatic heterocycles. The van der Waals surface area contributed by atoms with E-state index >= 15 is 0 Å². The lowest BCUT2D eigenvalue weighted by Gasteiger charge is -2.25. The van der Waals surface area contributed by atoms with Gasteiger partial charge in [-0.2, -0.15) is 0 Å². The summed E-state index contributed by atoms with van der Waals surface area (Å²) in [7, 11) is 0. The fourth-order valence-corrected chi connectivity index (χ4v) is 3.31. The number of rotatable bonds is 4. The van der Waals surface area contributed by atoms with Crippen LogP contribution in [-0.4, -0.2) is 28.7 Å². The first kappa shape index (κ1) is 15.0. The van der Waals surface area contributed by atoms with Crippen LogP contribution in [0.5, 0.6) is 0 Å². The fraction of sp³-hybridized carbons (Fsp3) is 0.533. The van der Waals surface area contributed by atoms with E-state index in [1.165, 1.54) is 0 Å². The zero-order valence-electron chi connectivity index (χ0n) is 11.2. The number of halogens is 2. The highest BCUT2D eigenvalue weighted by atomic mass is 79.9. The van der Waals surface area contributed by atoms with Gasteiger partial charge in [0.05, 0.1) is 0 Å². The Balaban J connectivity index is 2.11. The van der Waals surface area contributed by atoms with Crippen LogP contribution < -0.4 is 0 Å². The van der Waals surface area contributed by atoms with Crippen molar-refractivity contribution in [1.82, 2.24) is 4.90 Å². The number of aryl methyl sites for hydroxylation is 1. The van der Waals surface area contributed by atoms with Crippen molar-refractivity contribution in [2.24, 2.45) is 0 Å². The van der Waals surface area contributed by atoms with Gasteiger partial charge in [0.15, 0.2) is 0 Å². The molecular weight excluding hydrogens is 370 g/mol. The third-order valence-electron chi connectivity index (χ3n) is 3.73. The molecule has 0 spiro atoms. The van der Waals surface area contributed by atoms with Gasteiger partial charge in [-0.3, -0.25) is 4.79 Å². The SMILES string of the molecule is Cc1ccc(C(=O)N2CCCC2CCCBr)cc1Br. The van der Waals surface area contributed by atoms with Crippen molar-refractivity contribution in [3.63, 3.8) is 0 Å². The van der Waals surface area contributed by atoms with Gasteiger partial charge in [-0.05, 0) is 50.3 Å². The summed E-state index contributed by atoms with van der Waals surface area (Å²) in [6.07, 6.45) is 4.51. The highest BCUT2D eigenvalue weighted by Gasteiger charge is 2.28. The number of nitrogens with zero attached hydrogens (tertiary/aromatic N) is 1. The second kappa shape index (κ2) is 6.89. The molecule has 1 amide bonds. The van der Waals surface area contributed by atoms with Crippen LogP contribution >= 0.6 is 31.9 Å². The largest absolute Gasteiger partial charge is 0.336 e. The first-order chi connectivity index (χ1) is 9.13. The van der Waals surface area contributed by atoms with Crippen molar-refractivity contribution in [2.45, 2.75) is 38.6 Å². The summed E-state index contributed by atoms with van der Waals surface area (Å²) >= 11 is 6.97. The highest BCUT2D eigenvalue weighted by molar-refractivity contribution is 9.10. The molecule has 1 saturated heterocycles. The van der Waals surface area contributed by atoms with Crippen LogP contribution in [0.4, 0.5) is 0 Å². The van der Waals surface area contributed by atoms with Crippen LogP contribution in [0.15, 0.2) is 22.7 Å². The number of carbonyl (C=O) groups excluding carboxylic acids is 1. The lowest BCUT2D eigenvalue weighted by Crippen LogP contribution is -2.35. The van der Waals surface area contributed by atoms with Crippen molar-refractivity contribution >= 4 is 37.8 Å². The van der Waals surface area contributed by atoms with E-state index < -0.39 is 0 Å². The first-order valence-corrected chi connectivity index (χ1v) is 8.68. The molecule has 2 nitrogen and oxygen atoms in total. The molecule has 1 unspecified atom stereocenters. The molecule has 1 aromatic carbocycles. The minimum absolute atomic E-state index is 0.178. The zero-order chi connectivity index (χ0) is 13.8. The Morgan fingerprint density at radius 3 is 2.95 bits per heavy atom. The van der Waals surface area contributed by atoms with Crippen molar-refractivity contribution < 1.29 is 4.79 Å². The Bertz CT molecular complexity index is 461. The van der Waals surface area contributed by atoms with Gasteiger partial charge < -0.3 is 4.90 Å². The third-order valence-corrected chi connectivity index (χ3v) is 5.14. The summed E-state index contributed by atoms with van der Waals surface area (Å²) in [5, 5.41) is 1.02. The van der Waals surface area contributed by atoms with Gasteiger partial charge in [0.1, 0.15) is 0 Å². The van der Waals surface area contributed by atoms with E-state index in [1.54, 1.807) is 0 Å². The third kappa shape index (κ3) is 3.60. The predicted molar refractivity (Wildman–Crippen MR) is 86.0 cm³/mol. The fourth-order valence-electron chi connectivity index (χ4n) is 2.61. The van der Waals surface area contributed by atoms with E-state index in [2.05, 4.69) is 36.8 Å². The van der Waals surface area contributed by atoms with Gasteiger partial charge in [0, 0.05) is 28.0 Å². The Morgan fingerprint density at radius 2 is 2.26 bits per heavy atom. The predicted octanol–water partition coefficient (Wildman–Crippen LogP) is 4.54. The van der Waals surface area contributed by atoms with E-state index in [0.29, 0.717) is 6.04 Å². The minimum Gasteiger partial charge on any atom is -0.336 e. The molecule has 1 atom stereocenters. The van der Waals surface area contributed by atoms with Gasteiger partial charge >= 0.3 is 0 Å². The number of benzene rings is 1. The first-order valence-electron chi connectivity index (χ1n) is 6.76. The van der Waals surface area contributed by atoms with Gasteiger partial charge in [-0.15, -0.1) is 0 Å². The summed E-state index contributed by atoms with van der Waals surface area (Å²) in [4.78, 5) is 14.6. The van der Waals surface area contributed by atoms with Crippen molar-refractivity contribution in [1.29, 1.82) is 0 Å². The molecule has 0 saturated carbocycles. The van der Waals surface area contributed by atoms with Gasteiger partial charge in [0.25, 0.3) is 5.91 Å². The lowest BCUT2D eigenvalue weighted by atomic mass is 10.1. The Kier molecular flexibility index (Phi) is 5.46. The summed E-state index contributed by atoms with van der Waals surface area (Å²) in [6, 6.07) is 6.30. The topological polar surface area (TPSA) is 20.3 Å². The molecule has 0 bridgehead atoms. The molecule has 1 aliphatic heterocycles. The average molecular weight is 389 g/mol. The van der Waals surface area contributed by atoms with Crippen LogP contribution in [0.25, 0.3) is 0 Å². The molecular formula is C15H19Br2NO. The summed E-state index contributed by atoms with van der Waals surface area (Å²) in [5.74, 6) is 0.178.